The number of carbonyl (C=O) groups is 2. The molecular formula is C23H27N5O5. The monoisotopic (exact) mass is 453 g/mol. The first-order valence-corrected chi connectivity index (χ1v) is 11.4. The lowest BCUT2D eigenvalue weighted by Crippen LogP contribution is -2.44. The molecule has 174 valence electrons. The Kier molecular flexibility index (Phi) is 5.30. The van der Waals surface area contributed by atoms with Gasteiger partial charge in [-0.3, -0.25) is 28.5 Å². The molecule has 0 radical (unpaired) electrons. The largest absolute Gasteiger partial charge is 0.462 e. The Labute approximate surface area is 189 Å². The summed E-state index contributed by atoms with van der Waals surface area (Å²) in [6.07, 6.45) is 4.01. The average Bonchev–Trinajstić information content (AvgIpc) is 3.43. The summed E-state index contributed by atoms with van der Waals surface area (Å²) in [7, 11) is 0. The van der Waals surface area contributed by atoms with Crippen molar-refractivity contribution in [2.45, 2.75) is 51.8 Å². The van der Waals surface area contributed by atoms with Crippen LogP contribution in [0.1, 0.15) is 31.9 Å². The Balaban J connectivity index is 1.47. The maximum atomic E-state index is 13.3. The van der Waals surface area contributed by atoms with Crippen LogP contribution in [0.5, 0.6) is 0 Å². The van der Waals surface area contributed by atoms with Gasteiger partial charge in [0.05, 0.1) is 11.8 Å². The lowest BCUT2D eigenvalue weighted by molar-refractivity contribution is -0.145. The highest BCUT2D eigenvalue weighted by molar-refractivity contribution is 5.98. The number of esters is 1. The highest BCUT2D eigenvalue weighted by Gasteiger charge is 2.64. The zero-order chi connectivity index (χ0) is 23.3. The molecular weight excluding hydrogens is 426 g/mol. The second-order valence-electron chi connectivity index (χ2n) is 9.13. The zero-order valence-corrected chi connectivity index (χ0v) is 18.4. The van der Waals surface area contributed by atoms with Gasteiger partial charge in [-0.2, -0.15) is 0 Å². The van der Waals surface area contributed by atoms with Gasteiger partial charge in [-0.1, -0.05) is 13.0 Å². The van der Waals surface area contributed by atoms with Crippen LogP contribution in [0.4, 0.5) is 11.5 Å². The number of rotatable bonds is 7. The Hall–Kier alpha value is -3.43. The number of amides is 1. The molecule has 3 heterocycles. The number of anilines is 2. The summed E-state index contributed by atoms with van der Waals surface area (Å²) < 4.78 is 7.83. The zero-order valence-electron chi connectivity index (χ0n) is 18.4. The summed E-state index contributed by atoms with van der Waals surface area (Å²) in [5.74, 6) is -1.71. The van der Waals surface area contributed by atoms with Crippen molar-refractivity contribution in [3.8, 4) is 0 Å². The third-order valence-electron chi connectivity index (χ3n) is 7.27. The van der Waals surface area contributed by atoms with Gasteiger partial charge in [0.2, 0.25) is 5.91 Å². The van der Waals surface area contributed by atoms with Crippen LogP contribution in [0.2, 0.25) is 0 Å². The quantitative estimate of drug-likeness (QED) is 0.591. The van der Waals surface area contributed by atoms with Crippen molar-refractivity contribution in [2.24, 2.45) is 23.7 Å². The molecule has 3 fully saturated rings. The maximum absolute atomic E-state index is 13.3. The smallest absolute Gasteiger partial charge is 0.332 e. The fourth-order valence-corrected chi connectivity index (χ4v) is 5.81. The summed E-state index contributed by atoms with van der Waals surface area (Å²) >= 11 is 0. The molecule has 2 aromatic heterocycles. The van der Waals surface area contributed by atoms with Crippen molar-refractivity contribution >= 4 is 23.4 Å². The number of nitrogens with zero attached hydrogens (tertiary/aromatic N) is 3. The van der Waals surface area contributed by atoms with Gasteiger partial charge in [0.25, 0.3) is 5.56 Å². The van der Waals surface area contributed by atoms with Crippen LogP contribution in [0.15, 0.2) is 34.0 Å². The first kappa shape index (κ1) is 21.4. The molecule has 1 amide bonds. The number of aryl methyl sites for hydroxylation is 1. The van der Waals surface area contributed by atoms with Crippen molar-refractivity contribution < 1.29 is 14.3 Å². The Bertz CT molecular complexity index is 1220. The number of carbonyl (C=O) groups excluding carboxylic acids is 2. The molecule has 2 saturated carbocycles. The minimum atomic E-state index is -0.649. The molecule has 2 aliphatic carbocycles. The van der Waals surface area contributed by atoms with Gasteiger partial charge in [-0.25, -0.2) is 4.79 Å². The number of hydrogen-bond donors (Lipinski definition) is 2. The van der Waals surface area contributed by atoms with E-state index in [9.17, 15) is 19.2 Å². The van der Waals surface area contributed by atoms with Crippen LogP contribution in [0.25, 0.3) is 0 Å². The molecule has 2 aromatic rings. The number of nitrogen functional groups attached to an aromatic ring is 1. The van der Waals surface area contributed by atoms with Gasteiger partial charge >= 0.3 is 11.7 Å². The van der Waals surface area contributed by atoms with E-state index in [2.05, 4.69) is 10.3 Å². The van der Waals surface area contributed by atoms with Crippen molar-refractivity contribution in [1.29, 1.82) is 0 Å². The van der Waals surface area contributed by atoms with Crippen molar-refractivity contribution in [3.05, 3.63) is 50.9 Å². The molecule has 2 bridgehead atoms. The van der Waals surface area contributed by atoms with Crippen LogP contribution in [-0.4, -0.2) is 32.1 Å². The van der Waals surface area contributed by atoms with Crippen LogP contribution in [0.3, 0.4) is 0 Å². The van der Waals surface area contributed by atoms with Crippen LogP contribution in [-0.2, 0) is 33.8 Å². The van der Waals surface area contributed by atoms with E-state index >= 15 is 0 Å². The summed E-state index contributed by atoms with van der Waals surface area (Å²) in [5, 5.41) is 2.69. The van der Waals surface area contributed by atoms with Crippen molar-refractivity contribution in [2.75, 3.05) is 11.1 Å². The second-order valence-corrected chi connectivity index (χ2v) is 9.13. The molecule has 10 heteroatoms. The number of ether oxygens (including phenoxy) is 1. The molecule has 1 saturated heterocycles. The number of fused-ring (bicyclic) bond motifs is 1. The van der Waals surface area contributed by atoms with Gasteiger partial charge in [-0.05, 0) is 37.3 Å². The SMILES string of the molecule is CCCn1c(N)c(NC(=O)C2C3CC4OC(=O)C2C4C3)c(=O)n(CCc2ccccn2)c1=O. The number of hydrogen-bond acceptors (Lipinski definition) is 7. The highest BCUT2D eigenvalue weighted by atomic mass is 16.6. The van der Waals surface area contributed by atoms with Gasteiger partial charge in [0.1, 0.15) is 17.6 Å². The van der Waals surface area contributed by atoms with Gasteiger partial charge < -0.3 is 15.8 Å². The number of pyridine rings is 1. The molecule has 5 unspecified atom stereocenters. The van der Waals surface area contributed by atoms with Gasteiger partial charge in [-0.15, -0.1) is 0 Å². The van der Waals surface area contributed by atoms with E-state index in [1.54, 1.807) is 12.3 Å². The number of aromatic nitrogens is 3. The Morgan fingerprint density at radius 2 is 2.03 bits per heavy atom. The molecule has 5 rings (SSSR count). The first-order valence-electron chi connectivity index (χ1n) is 11.4. The fraction of sp³-hybridized carbons (Fsp3) is 0.522. The molecule has 3 N–H and O–H groups in total. The predicted octanol–water partition coefficient (Wildman–Crippen LogP) is 0.776. The normalized spacial score (nSPS) is 27.1. The van der Waals surface area contributed by atoms with E-state index in [-0.39, 0.29) is 42.0 Å². The lowest BCUT2D eigenvalue weighted by Gasteiger charge is -2.24. The minimum Gasteiger partial charge on any atom is -0.462 e. The van der Waals surface area contributed by atoms with Crippen LogP contribution in [0, 0.1) is 23.7 Å². The van der Waals surface area contributed by atoms with E-state index in [0.717, 1.165) is 16.7 Å². The Morgan fingerprint density at radius 3 is 2.76 bits per heavy atom. The summed E-state index contributed by atoms with van der Waals surface area (Å²) in [4.78, 5) is 56.1. The van der Waals surface area contributed by atoms with Crippen molar-refractivity contribution in [1.82, 2.24) is 14.1 Å². The summed E-state index contributed by atoms with van der Waals surface area (Å²) in [6, 6.07) is 5.44. The van der Waals surface area contributed by atoms with E-state index in [1.165, 1.54) is 4.57 Å². The summed E-state index contributed by atoms with van der Waals surface area (Å²) in [6.45, 7) is 2.30. The van der Waals surface area contributed by atoms with E-state index in [1.807, 2.05) is 19.1 Å². The van der Waals surface area contributed by atoms with E-state index in [0.29, 0.717) is 25.8 Å². The predicted molar refractivity (Wildman–Crippen MR) is 119 cm³/mol. The molecule has 5 atom stereocenters. The number of nitrogens with two attached hydrogens (primary N) is 1. The lowest BCUT2D eigenvalue weighted by atomic mass is 9.79. The molecule has 0 spiro atoms. The summed E-state index contributed by atoms with van der Waals surface area (Å²) in [5.41, 5.74) is 5.67. The van der Waals surface area contributed by atoms with E-state index in [4.69, 9.17) is 10.5 Å². The third kappa shape index (κ3) is 3.44. The topological polar surface area (TPSA) is 138 Å². The molecule has 3 aliphatic rings. The second kappa shape index (κ2) is 8.17. The minimum absolute atomic E-state index is 0.0469. The molecule has 33 heavy (non-hydrogen) atoms. The molecule has 10 nitrogen and oxygen atoms in total. The maximum Gasteiger partial charge on any atom is 0.332 e. The number of nitrogens with one attached hydrogen (secondary N) is 1. The third-order valence-corrected chi connectivity index (χ3v) is 7.27. The van der Waals surface area contributed by atoms with Gasteiger partial charge in [0.15, 0.2) is 0 Å². The molecule has 1 aliphatic heterocycles. The van der Waals surface area contributed by atoms with Crippen molar-refractivity contribution in [3.63, 3.8) is 0 Å². The van der Waals surface area contributed by atoms with Crippen LogP contribution < -0.4 is 22.3 Å². The average molecular weight is 453 g/mol. The standard InChI is InChI=1S/C23H27N5O5/c1-2-8-27-19(24)18(21(30)28(23(27)32)9-6-13-5-3-4-7-25-13)26-20(29)16-12-10-14-15(11-12)33-22(31)17(14)16/h3-5,7,12,14-17H,2,6,8-11,24H2,1H3,(H,26,29). The first-order chi connectivity index (χ1) is 15.9. The Morgan fingerprint density at radius 1 is 1.21 bits per heavy atom. The van der Waals surface area contributed by atoms with Gasteiger partial charge in [0, 0.05) is 37.3 Å². The van der Waals surface area contributed by atoms with Crippen LogP contribution >= 0.6 is 0 Å². The van der Waals surface area contributed by atoms with E-state index < -0.39 is 29.0 Å². The molecule has 0 aromatic carbocycles. The fourth-order valence-electron chi connectivity index (χ4n) is 5.81. The highest BCUT2D eigenvalue weighted by Crippen LogP contribution is 2.57.